The molecule has 0 unspecified atom stereocenters. The van der Waals surface area contributed by atoms with Crippen molar-refractivity contribution in [1.82, 2.24) is 20.3 Å². The van der Waals surface area contributed by atoms with Crippen LogP contribution in [0.3, 0.4) is 0 Å². The number of aromatic nitrogens is 4. The first kappa shape index (κ1) is 30.5. The Kier molecular flexibility index (Phi) is 7.52. The summed E-state index contributed by atoms with van der Waals surface area (Å²) in [5, 5.41) is 21.4. The fourth-order valence-corrected chi connectivity index (χ4v) is 6.95. The van der Waals surface area contributed by atoms with E-state index >= 15 is 0 Å². The number of anilines is 1. The summed E-state index contributed by atoms with van der Waals surface area (Å²) < 4.78 is 64.7. The number of nitrogens with two attached hydrogens (primary N) is 1. The van der Waals surface area contributed by atoms with E-state index in [-0.39, 0.29) is 60.5 Å². The maximum absolute atomic E-state index is 13.6. The second-order valence-corrected chi connectivity index (χ2v) is 13.9. The minimum Gasteiger partial charge on any atom is -0.419 e. The van der Waals surface area contributed by atoms with Crippen molar-refractivity contribution in [1.29, 1.82) is 5.26 Å². The molecule has 1 aliphatic heterocycles. The third-order valence-corrected chi connectivity index (χ3v) is 9.93. The van der Waals surface area contributed by atoms with E-state index in [0.29, 0.717) is 28.4 Å². The summed E-state index contributed by atoms with van der Waals surface area (Å²) in [4.78, 5) is 19.1. The van der Waals surface area contributed by atoms with Crippen LogP contribution in [0.1, 0.15) is 62.8 Å². The Balaban J connectivity index is 1.28. The van der Waals surface area contributed by atoms with Crippen LogP contribution in [0.4, 0.5) is 14.5 Å². The number of halogens is 2. The average molecular weight is 638 g/mol. The van der Waals surface area contributed by atoms with E-state index in [1.165, 1.54) is 23.1 Å². The van der Waals surface area contributed by atoms with Crippen molar-refractivity contribution in [2.45, 2.75) is 74.3 Å². The maximum Gasteiger partial charge on any atom is 0.248 e. The largest absolute Gasteiger partial charge is 0.419 e. The zero-order valence-corrected chi connectivity index (χ0v) is 25.2. The minimum absolute atomic E-state index is 0.0108. The third-order valence-electron chi connectivity index (χ3n) is 8.11. The lowest BCUT2D eigenvalue weighted by atomic mass is 9.87. The molecule has 1 atom stereocenters. The van der Waals surface area contributed by atoms with Gasteiger partial charge in [0.2, 0.25) is 35.3 Å². The number of nitriles is 1. The van der Waals surface area contributed by atoms with Crippen LogP contribution < -0.4 is 10.6 Å². The third kappa shape index (κ3) is 5.95. The Morgan fingerprint density at radius 2 is 1.80 bits per heavy atom. The molecule has 6 rings (SSSR count). The normalized spacial score (nSPS) is 20.0. The van der Waals surface area contributed by atoms with Crippen LogP contribution in [0.5, 0.6) is 0 Å². The van der Waals surface area contributed by atoms with Crippen molar-refractivity contribution >= 4 is 21.4 Å². The lowest BCUT2D eigenvalue weighted by Gasteiger charge is -2.25. The number of alkyl halides is 2. The lowest BCUT2D eigenvalue weighted by Crippen LogP contribution is -2.45. The predicted molar refractivity (Wildman–Crippen MR) is 155 cm³/mol. The molecule has 15 heteroatoms. The van der Waals surface area contributed by atoms with Crippen LogP contribution in [0, 0.1) is 11.3 Å². The molecule has 1 fully saturated rings. The van der Waals surface area contributed by atoms with Gasteiger partial charge in [0.15, 0.2) is 9.84 Å². The molecule has 0 bridgehead atoms. The van der Waals surface area contributed by atoms with Crippen LogP contribution in [0.15, 0.2) is 56.3 Å². The van der Waals surface area contributed by atoms with Crippen molar-refractivity contribution in [2.75, 3.05) is 10.7 Å². The molecule has 0 saturated heterocycles. The van der Waals surface area contributed by atoms with Crippen molar-refractivity contribution in [3.8, 4) is 28.9 Å². The zero-order chi connectivity index (χ0) is 32.1. The molecule has 45 heavy (non-hydrogen) atoms. The molecule has 2 aromatic carbocycles. The van der Waals surface area contributed by atoms with Gasteiger partial charge in [-0.05, 0) is 50.5 Å². The number of sulfone groups is 1. The quantitative estimate of drug-likeness (QED) is 0.314. The fraction of sp³-hybridized carbons (Fsp3) is 0.400. The highest BCUT2D eigenvalue weighted by atomic mass is 32.2. The summed E-state index contributed by atoms with van der Waals surface area (Å²) in [7, 11) is -3.93. The summed E-state index contributed by atoms with van der Waals surface area (Å²) in [5.41, 5.74) is 6.75. The topological polar surface area (TPSA) is 182 Å². The van der Waals surface area contributed by atoms with E-state index in [4.69, 9.17) is 14.7 Å². The number of fused-ring (bicyclic) bond motifs is 1. The molecular weight excluding hydrogens is 608 g/mol. The first-order valence-electron chi connectivity index (χ1n) is 14.3. The lowest BCUT2D eigenvalue weighted by molar-refractivity contribution is -0.119. The molecule has 4 aromatic rings. The Morgan fingerprint density at radius 3 is 2.49 bits per heavy atom. The summed E-state index contributed by atoms with van der Waals surface area (Å²) >= 11 is 0. The summed E-state index contributed by atoms with van der Waals surface area (Å²) in [6.07, 6.45) is 0.0996. The summed E-state index contributed by atoms with van der Waals surface area (Å²) in [5.74, 6) is -3.25. The van der Waals surface area contributed by atoms with Gasteiger partial charge in [0.05, 0.1) is 35.0 Å². The van der Waals surface area contributed by atoms with Crippen molar-refractivity contribution in [2.24, 2.45) is 5.73 Å². The molecule has 1 amide bonds. The van der Waals surface area contributed by atoms with Gasteiger partial charge in [-0.1, -0.05) is 29.4 Å². The molecular formula is C30H29F2N7O5S. The van der Waals surface area contributed by atoms with Crippen molar-refractivity contribution < 1.29 is 30.9 Å². The van der Waals surface area contributed by atoms with Crippen LogP contribution in [0.2, 0.25) is 0 Å². The standard InChI is InChI=1S/C30H29F2N7O5S/c1-29(2,16-33)28-37-36-26(43-28)20-7-8-23-22(13-20)39(27(40)21(34)15-45(23,41)42)14-17-3-5-18(6-4-17)24-35-25(44-38-24)19-9-11-30(31,32)12-10-19/h3-8,13,19,21H,9-12,14-15,34H2,1-2H3/t21-/m0/s1. The highest BCUT2D eigenvalue weighted by Gasteiger charge is 2.38. The Hall–Kier alpha value is -4.55. The van der Waals surface area contributed by atoms with Crippen molar-refractivity contribution in [3.63, 3.8) is 0 Å². The molecule has 2 aromatic heterocycles. The summed E-state index contributed by atoms with van der Waals surface area (Å²) in [6, 6.07) is 12.1. The van der Waals surface area contributed by atoms with Gasteiger partial charge >= 0.3 is 0 Å². The second-order valence-electron chi connectivity index (χ2n) is 11.9. The highest BCUT2D eigenvalue weighted by Crippen LogP contribution is 2.41. The number of rotatable bonds is 6. The van der Waals surface area contributed by atoms with Crippen LogP contribution in [-0.2, 0) is 26.6 Å². The molecule has 12 nitrogen and oxygen atoms in total. The zero-order valence-electron chi connectivity index (χ0n) is 24.4. The molecule has 234 valence electrons. The predicted octanol–water partition coefficient (Wildman–Crippen LogP) is 4.53. The Morgan fingerprint density at radius 1 is 1.11 bits per heavy atom. The van der Waals surface area contributed by atoms with Gasteiger partial charge < -0.3 is 19.6 Å². The number of hydrogen-bond acceptors (Lipinski definition) is 11. The number of carbonyl (C=O) groups excluding carboxylic acids is 1. The molecule has 0 radical (unpaired) electrons. The fourth-order valence-electron chi connectivity index (χ4n) is 5.39. The van der Waals surface area contributed by atoms with E-state index in [0.717, 1.165) is 0 Å². The molecule has 2 aliphatic rings. The number of amides is 1. The monoisotopic (exact) mass is 637 g/mol. The van der Waals surface area contributed by atoms with Crippen molar-refractivity contribution in [3.05, 3.63) is 59.8 Å². The number of nitrogens with zero attached hydrogens (tertiary/aromatic N) is 6. The van der Waals surface area contributed by atoms with E-state index in [1.807, 2.05) is 0 Å². The van der Waals surface area contributed by atoms with E-state index in [1.54, 1.807) is 38.1 Å². The highest BCUT2D eigenvalue weighted by molar-refractivity contribution is 7.91. The Bertz CT molecular complexity index is 1900. The molecule has 0 spiro atoms. The molecule has 1 saturated carbocycles. The van der Waals surface area contributed by atoms with Crippen LogP contribution in [-0.4, -0.2) is 52.4 Å². The van der Waals surface area contributed by atoms with Gasteiger partial charge in [0, 0.05) is 29.9 Å². The van der Waals surface area contributed by atoms with Gasteiger partial charge in [0.1, 0.15) is 5.41 Å². The van der Waals surface area contributed by atoms with E-state index in [9.17, 15) is 27.3 Å². The van der Waals surface area contributed by atoms with Gasteiger partial charge in [-0.15, -0.1) is 10.2 Å². The van der Waals surface area contributed by atoms with E-state index in [2.05, 4.69) is 26.4 Å². The molecule has 1 aliphatic carbocycles. The smallest absolute Gasteiger partial charge is 0.248 e. The van der Waals surface area contributed by atoms with Crippen LogP contribution >= 0.6 is 0 Å². The molecule has 2 N–H and O–H groups in total. The summed E-state index contributed by atoms with van der Waals surface area (Å²) in [6.45, 7) is 3.24. The maximum atomic E-state index is 13.6. The first-order valence-corrected chi connectivity index (χ1v) is 15.9. The first-order chi connectivity index (χ1) is 21.3. The molecule has 3 heterocycles. The average Bonchev–Trinajstić information content (AvgIpc) is 3.70. The number of carbonyl (C=O) groups is 1. The Labute approximate surface area is 257 Å². The number of benzene rings is 2. The minimum atomic E-state index is -3.93. The second kappa shape index (κ2) is 11.1. The van der Waals surface area contributed by atoms with E-state index < -0.39 is 38.9 Å². The SMILES string of the molecule is CC(C)(C#N)c1nnc(-c2ccc3c(c2)N(Cc2ccc(-c4noc(C5CCC(F)(F)CC5)n4)cc2)C(=O)[C@@H](N)CS3(=O)=O)o1. The van der Waals surface area contributed by atoms with Gasteiger partial charge in [-0.25, -0.2) is 17.2 Å². The van der Waals surface area contributed by atoms with Crippen LogP contribution in [0.25, 0.3) is 22.8 Å². The van der Waals surface area contributed by atoms with Gasteiger partial charge in [-0.2, -0.15) is 10.2 Å². The number of hydrogen-bond donors (Lipinski definition) is 1. The van der Waals surface area contributed by atoms with Gasteiger partial charge in [0.25, 0.3) is 0 Å². The van der Waals surface area contributed by atoms with Gasteiger partial charge in [-0.3, -0.25) is 4.79 Å².